The second-order valence-electron chi connectivity index (χ2n) is 5.58. The van der Waals surface area contributed by atoms with E-state index in [2.05, 4.69) is 9.89 Å². The Kier molecular flexibility index (Phi) is 4.57. The predicted octanol–water partition coefficient (Wildman–Crippen LogP) is 2.89. The molecule has 1 aliphatic carbocycles. The minimum atomic E-state index is 0.312. The number of aliphatic imine (C=N–C) groups is 1. The Bertz CT molecular complexity index is 538. The molecule has 4 nitrogen and oxygen atoms in total. The second-order valence-corrected chi connectivity index (χ2v) is 6.40. The van der Waals surface area contributed by atoms with Crippen LogP contribution in [0.5, 0.6) is 0 Å². The molecule has 0 atom stereocenters. The molecule has 0 spiro atoms. The number of nitrogens with two attached hydrogens (primary N) is 1. The number of hydrogen-bond acceptors (Lipinski definition) is 2. The highest BCUT2D eigenvalue weighted by molar-refractivity contribution is 6.42. The molecule has 2 N–H and O–H groups in total. The fourth-order valence-corrected chi connectivity index (χ4v) is 3.10. The summed E-state index contributed by atoms with van der Waals surface area (Å²) in [6, 6.07) is 6.18. The lowest BCUT2D eigenvalue weighted by Crippen LogP contribution is -2.46. The van der Waals surface area contributed by atoms with Crippen molar-refractivity contribution < 1.29 is 4.74 Å². The van der Waals surface area contributed by atoms with Gasteiger partial charge in [-0.25, -0.2) is 4.99 Å². The molecule has 1 heterocycles. The van der Waals surface area contributed by atoms with Gasteiger partial charge in [-0.2, -0.15) is 0 Å². The van der Waals surface area contributed by atoms with Gasteiger partial charge in [-0.15, -0.1) is 0 Å². The van der Waals surface area contributed by atoms with E-state index in [-0.39, 0.29) is 0 Å². The van der Waals surface area contributed by atoms with E-state index in [4.69, 9.17) is 33.7 Å². The average molecular weight is 328 g/mol. The monoisotopic (exact) mass is 327 g/mol. The molecule has 114 valence electrons. The third-order valence-corrected chi connectivity index (χ3v) is 4.92. The van der Waals surface area contributed by atoms with Crippen molar-refractivity contribution in [3.63, 3.8) is 0 Å². The lowest BCUT2D eigenvalue weighted by molar-refractivity contribution is 0.0671. The van der Waals surface area contributed by atoms with Crippen molar-refractivity contribution in [1.82, 2.24) is 4.90 Å². The molecule has 0 bridgehead atoms. The van der Waals surface area contributed by atoms with Crippen molar-refractivity contribution in [1.29, 1.82) is 0 Å². The molecule has 2 aliphatic rings. The van der Waals surface area contributed by atoms with Crippen LogP contribution < -0.4 is 5.73 Å². The maximum absolute atomic E-state index is 6.07. The Morgan fingerprint density at radius 1 is 1.19 bits per heavy atom. The van der Waals surface area contributed by atoms with E-state index < -0.39 is 0 Å². The van der Waals surface area contributed by atoms with Crippen LogP contribution in [-0.4, -0.2) is 43.2 Å². The van der Waals surface area contributed by atoms with Crippen molar-refractivity contribution in [2.24, 2.45) is 10.7 Å². The molecule has 2 fully saturated rings. The van der Waals surface area contributed by atoms with Gasteiger partial charge >= 0.3 is 0 Å². The van der Waals surface area contributed by atoms with Gasteiger partial charge in [0, 0.05) is 13.1 Å². The molecular weight excluding hydrogens is 309 g/mol. The fourth-order valence-electron chi connectivity index (χ4n) is 2.79. The smallest absolute Gasteiger partial charge is 0.191 e. The summed E-state index contributed by atoms with van der Waals surface area (Å²) in [5.41, 5.74) is 7.31. The number of morpholine rings is 1. The maximum atomic E-state index is 6.07. The van der Waals surface area contributed by atoms with E-state index in [9.17, 15) is 0 Å². The highest BCUT2D eigenvalue weighted by Gasteiger charge is 2.31. The maximum Gasteiger partial charge on any atom is 0.191 e. The van der Waals surface area contributed by atoms with Gasteiger partial charge in [-0.3, -0.25) is 0 Å². The van der Waals surface area contributed by atoms with Crippen molar-refractivity contribution >= 4 is 29.2 Å². The van der Waals surface area contributed by atoms with Gasteiger partial charge in [0.15, 0.2) is 5.96 Å². The zero-order valence-corrected chi connectivity index (χ0v) is 13.3. The zero-order valence-electron chi connectivity index (χ0n) is 11.8. The molecule has 0 radical (unpaired) electrons. The standard InChI is InChI=1S/C15H19Cl2N3O/c16-13-2-1-10(9-14(13)17)11-7-12(8-11)19-15(18)20-3-5-21-6-4-20/h1-2,9,11-12H,3-8H2,(H2,18,19). The first-order valence-electron chi connectivity index (χ1n) is 7.24. The summed E-state index contributed by atoms with van der Waals surface area (Å²) < 4.78 is 5.32. The first-order valence-corrected chi connectivity index (χ1v) is 8.00. The molecule has 21 heavy (non-hydrogen) atoms. The molecule has 0 aromatic heterocycles. The Hall–Kier alpha value is -0.970. The molecular formula is C15H19Cl2N3O. The molecule has 1 aromatic rings. The number of halogens is 2. The molecule has 1 saturated carbocycles. The van der Waals surface area contributed by atoms with Crippen molar-refractivity contribution in [3.8, 4) is 0 Å². The van der Waals surface area contributed by atoms with Crippen LogP contribution in [0.4, 0.5) is 0 Å². The topological polar surface area (TPSA) is 50.8 Å². The number of hydrogen-bond donors (Lipinski definition) is 1. The molecule has 0 unspecified atom stereocenters. The lowest BCUT2D eigenvalue weighted by atomic mass is 9.76. The van der Waals surface area contributed by atoms with Gasteiger partial charge in [0.2, 0.25) is 0 Å². The van der Waals surface area contributed by atoms with Crippen molar-refractivity contribution in [2.45, 2.75) is 24.8 Å². The van der Waals surface area contributed by atoms with Crippen LogP contribution in [0.25, 0.3) is 0 Å². The molecule has 1 aromatic carbocycles. The summed E-state index contributed by atoms with van der Waals surface area (Å²) in [7, 11) is 0. The summed E-state index contributed by atoms with van der Waals surface area (Å²) in [5.74, 6) is 1.15. The molecule has 6 heteroatoms. The van der Waals surface area contributed by atoms with Gasteiger partial charge in [-0.05, 0) is 36.5 Å². The first-order chi connectivity index (χ1) is 10.1. The Morgan fingerprint density at radius 3 is 2.57 bits per heavy atom. The van der Waals surface area contributed by atoms with Crippen LogP contribution in [-0.2, 0) is 4.74 Å². The highest BCUT2D eigenvalue weighted by atomic mass is 35.5. The summed E-state index contributed by atoms with van der Waals surface area (Å²) in [5, 5.41) is 1.22. The van der Waals surface area contributed by atoms with Gasteiger partial charge < -0.3 is 15.4 Å². The summed E-state index contributed by atoms with van der Waals surface area (Å²) in [4.78, 5) is 6.72. The number of rotatable bonds is 2. The van der Waals surface area contributed by atoms with Crippen LogP contribution in [0.1, 0.15) is 24.3 Å². The Balaban J connectivity index is 1.56. The number of benzene rings is 1. The van der Waals surface area contributed by atoms with Crippen LogP contribution in [0.3, 0.4) is 0 Å². The van der Waals surface area contributed by atoms with Gasteiger partial charge in [-0.1, -0.05) is 29.3 Å². The van der Waals surface area contributed by atoms with Crippen LogP contribution >= 0.6 is 23.2 Å². The van der Waals surface area contributed by atoms with Crippen molar-refractivity contribution in [2.75, 3.05) is 26.3 Å². The summed E-state index contributed by atoms with van der Waals surface area (Å²) in [6.45, 7) is 3.12. The van der Waals surface area contributed by atoms with E-state index in [1.54, 1.807) is 0 Å². The average Bonchev–Trinajstić information content (AvgIpc) is 2.46. The second kappa shape index (κ2) is 6.42. The number of nitrogens with zero attached hydrogens (tertiary/aromatic N) is 2. The van der Waals surface area contributed by atoms with E-state index >= 15 is 0 Å². The quantitative estimate of drug-likeness (QED) is 0.671. The largest absolute Gasteiger partial charge is 0.378 e. The van der Waals surface area contributed by atoms with Crippen LogP contribution in [0, 0.1) is 0 Å². The predicted molar refractivity (Wildman–Crippen MR) is 86.2 cm³/mol. The zero-order chi connectivity index (χ0) is 14.8. The lowest BCUT2D eigenvalue weighted by Gasteiger charge is -2.35. The summed E-state index contributed by atoms with van der Waals surface area (Å²) in [6.07, 6.45) is 2.03. The normalized spacial score (nSPS) is 26.6. The number of ether oxygens (including phenoxy) is 1. The van der Waals surface area contributed by atoms with Gasteiger partial charge in [0.25, 0.3) is 0 Å². The van der Waals surface area contributed by atoms with Gasteiger partial charge in [0.05, 0.1) is 29.3 Å². The van der Waals surface area contributed by atoms with Crippen LogP contribution in [0.2, 0.25) is 10.0 Å². The van der Waals surface area contributed by atoms with Gasteiger partial charge in [0.1, 0.15) is 0 Å². The Morgan fingerprint density at radius 2 is 1.90 bits per heavy atom. The van der Waals surface area contributed by atoms with E-state index in [0.29, 0.717) is 28.0 Å². The Labute approximate surface area is 134 Å². The SMILES string of the molecule is NC(=NC1CC(c2ccc(Cl)c(Cl)c2)C1)N1CCOCC1. The fraction of sp³-hybridized carbons (Fsp3) is 0.533. The van der Waals surface area contributed by atoms with Crippen LogP contribution in [0.15, 0.2) is 23.2 Å². The number of guanidine groups is 1. The third-order valence-electron chi connectivity index (χ3n) is 4.18. The third kappa shape index (κ3) is 3.44. The first kappa shape index (κ1) is 14.9. The molecule has 1 aliphatic heterocycles. The molecule has 0 amide bonds. The van der Waals surface area contributed by atoms with E-state index in [1.165, 1.54) is 5.56 Å². The minimum Gasteiger partial charge on any atom is -0.378 e. The minimum absolute atomic E-state index is 0.312. The highest BCUT2D eigenvalue weighted by Crippen LogP contribution is 2.40. The van der Waals surface area contributed by atoms with E-state index in [1.807, 2.05) is 18.2 Å². The van der Waals surface area contributed by atoms with E-state index in [0.717, 1.165) is 39.1 Å². The summed E-state index contributed by atoms with van der Waals surface area (Å²) >= 11 is 12.0. The molecule has 3 rings (SSSR count). The van der Waals surface area contributed by atoms with Crippen molar-refractivity contribution in [3.05, 3.63) is 33.8 Å². The molecule has 1 saturated heterocycles.